The van der Waals surface area contributed by atoms with Crippen LogP contribution in [0.15, 0.2) is 18.2 Å². The summed E-state index contributed by atoms with van der Waals surface area (Å²) in [5, 5.41) is 0.280. The predicted octanol–water partition coefficient (Wildman–Crippen LogP) is 1.67. The van der Waals surface area contributed by atoms with Crippen molar-refractivity contribution in [2.75, 3.05) is 5.33 Å². The van der Waals surface area contributed by atoms with E-state index in [2.05, 4.69) is 15.9 Å². The van der Waals surface area contributed by atoms with Gasteiger partial charge in [-0.05, 0) is 24.6 Å². The summed E-state index contributed by atoms with van der Waals surface area (Å²) in [6.07, 6.45) is 0. The summed E-state index contributed by atoms with van der Waals surface area (Å²) in [5.41, 5.74) is 6.91. The van der Waals surface area contributed by atoms with E-state index in [9.17, 15) is 9.59 Å². The van der Waals surface area contributed by atoms with Gasteiger partial charge >= 0.3 is 0 Å². The minimum Gasteiger partial charge on any atom is -0.366 e. The number of benzene rings is 1. The number of Topliss-reactive ketones (excluding diaryl/α,β-unsaturated/α-hetero) is 1. The van der Waals surface area contributed by atoms with Gasteiger partial charge in [-0.25, -0.2) is 0 Å². The minimum atomic E-state index is -0.472. The van der Waals surface area contributed by atoms with Crippen LogP contribution in [-0.2, 0) is 0 Å². The molecule has 0 spiro atoms. The summed E-state index contributed by atoms with van der Waals surface area (Å²) in [6, 6.07) is 4.86. The molecule has 74 valence electrons. The lowest BCUT2D eigenvalue weighted by atomic mass is 10.0. The number of nitrogens with two attached hydrogens (primary N) is 1. The van der Waals surface area contributed by atoms with Crippen LogP contribution in [0.25, 0.3) is 0 Å². The molecule has 1 aromatic carbocycles. The van der Waals surface area contributed by atoms with Crippen LogP contribution >= 0.6 is 15.9 Å². The van der Waals surface area contributed by atoms with Crippen LogP contribution in [0.4, 0.5) is 0 Å². The van der Waals surface area contributed by atoms with Gasteiger partial charge in [0.1, 0.15) is 0 Å². The molecule has 0 atom stereocenters. The molecule has 0 aliphatic rings. The number of alkyl halides is 1. The number of rotatable bonds is 3. The van der Waals surface area contributed by atoms with Gasteiger partial charge in [0.2, 0.25) is 5.91 Å². The van der Waals surface area contributed by atoms with E-state index in [1.807, 2.05) is 0 Å². The number of aryl methyl sites for hydroxylation is 1. The largest absolute Gasteiger partial charge is 0.366 e. The lowest BCUT2D eigenvalue weighted by Crippen LogP contribution is -2.13. The number of primary amides is 1. The fourth-order valence-electron chi connectivity index (χ4n) is 1.19. The van der Waals surface area contributed by atoms with E-state index < -0.39 is 5.91 Å². The Morgan fingerprint density at radius 2 is 2.07 bits per heavy atom. The second-order valence-corrected chi connectivity index (χ2v) is 3.51. The maximum atomic E-state index is 11.3. The maximum Gasteiger partial charge on any atom is 0.248 e. The summed E-state index contributed by atoms with van der Waals surface area (Å²) in [7, 11) is 0. The smallest absolute Gasteiger partial charge is 0.248 e. The number of carbonyl (C=O) groups is 2. The normalized spacial score (nSPS) is 9.86. The van der Waals surface area contributed by atoms with E-state index in [-0.39, 0.29) is 11.1 Å². The molecule has 14 heavy (non-hydrogen) atoms. The van der Waals surface area contributed by atoms with Gasteiger partial charge in [0.15, 0.2) is 5.78 Å². The van der Waals surface area contributed by atoms with E-state index in [1.165, 1.54) is 0 Å². The number of halogens is 1. The van der Waals surface area contributed by atoms with Crippen LogP contribution < -0.4 is 5.73 Å². The molecule has 0 aliphatic heterocycles. The quantitative estimate of drug-likeness (QED) is 0.660. The Bertz CT molecular complexity index is 388. The third kappa shape index (κ3) is 2.20. The fraction of sp³-hybridized carbons (Fsp3) is 0.200. The number of amides is 1. The molecule has 0 saturated heterocycles. The molecule has 0 bridgehead atoms. The van der Waals surface area contributed by atoms with Crippen molar-refractivity contribution in [1.29, 1.82) is 0 Å². The van der Waals surface area contributed by atoms with E-state index >= 15 is 0 Å². The van der Waals surface area contributed by atoms with Crippen molar-refractivity contribution in [1.82, 2.24) is 0 Å². The zero-order valence-electron chi connectivity index (χ0n) is 7.71. The molecule has 4 heteroatoms. The van der Waals surface area contributed by atoms with Crippen molar-refractivity contribution < 1.29 is 9.59 Å². The van der Waals surface area contributed by atoms with Gasteiger partial charge in [-0.3, -0.25) is 9.59 Å². The number of hydrogen-bond donors (Lipinski definition) is 1. The third-order valence-electron chi connectivity index (χ3n) is 1.94. The van der Waals surface area contributed by atoms with Crippen LogP contribution in [0, 0.1) is 6.92 Å². The lowest BCUT2D eigenvalue weighted by molar-refractivity contribution is 0.0994. The lowest BCUT2D eigenvalue weighted by Gasteiger charge is -2.03. The standard InChI is InChI=1S/C10H10BrNO2/c1-6-4-7(9(13)5-11)2-3-8(6)10(12)14/h2-4H,5H2,1H3,(H2,12,14). The Kier molecular flexibility index (Phi) is 3.41. The van der Waals surface area contributed by atoms with Crippen molar-refractivity contribution in [3.05, 3.63) is 34.9 Å². The summed E-state index contributed by atoms with van der Waals surface area (Å²) >= 11 is 3.08. The van der Waals surface area contributed by atoms with E-state index in [4.69, 9.17) is 5.73 Å². The summed E-state index contributed by atoms with van der Waals surface area (Å²) in [5.74, 6) is -0.482. The second kappa shape index (κ2) is 4.37. The summed E-state index contributed by atoms with van der Waals surface area (Å²) in [4.78, 5) is 22.2. The van der Waals surface area contributed by atoms with Crippen LogP contribution in [0.2, 0.25) is 0 Å². The highest BCUT2D eigenvalue weighted by atomic mass is 79.9. The first kappa shape index (κ1) is 10.9. The summed E-state index contributed by atoms with van der Waals surface area (Å²) in [6.45, 7) is 1.76. The number of hydrogen-bond acceptors (Lipinski definition) is 2. The zero-order valence-corrected chi connectivity index (χ0v) is 9.30. The van der Waals surface area contributed by atoms with Gasteiger partial charge in [-0.2, -0.15) is 0 Å². The van der Waals surface area contributed by atoms with Crippen LogP contribution in [-0.4, -0.2) is 17.0 Å². The topological polar surface area (TPSA) is 60.2 Å². The van der Waals surface area contributed by atoms with Crippen molar-refractivity contribution >= 4 is 27.6 Å². The Hall–Kier alpha value is -1.16. The SMILES string of the molecule is Cc1cc(C(=O)CBr)ccc1C(N)=O. The molecule has 0 aliphatic carbocycles. The second-order valence-electron chi connectivity index (χ2n) is 2.95. The molecule has 1 amide bonds. The van der Waals surface area contributed by atoms with Crippen molar-refractivity contribution in [3.63, 3.8) is 0 Å². The van der Waals surface area contributed by atoms with Gasteiger partial charge < -0.3 is 5.73 Å². The Labute approximate surface area is 90.4 Å². The van der Waals surface area contributed by atoms with Crippen molar-refractivity contribution in [2.24, 2.45) is 5.73 Å². The molecule has 3 nitrogen and oxygen atoms in total. The Morgan fingerprint density at radius 1 is 1.43 bits per heavy atom. The molecular weight excluding hydrogens is 246 g/mol. The molecule has 0 fully saturated rings. The molecule has 0 unspecified atom stereocenters. The highest BCUT2D eigenvalue weighted by Gasteiger charge is 2.08. The molecule has 0 heterocycles. The highest BCUT2D eigenvalue weighted by Crippen LogP contribution is 2.11. The summed E-state index contributed by atoms with van der Waals surface area (Å²) < 4.78 is 0. The molecule has 1 aromatic rings. The molecular formula is C10H10BrNO2. The first-order valence-corrected chi connectivity index (χ1v) is 5.18. The highest BCUT2D eigenvalue weighted by molar-refractivity contribution is 9.09. The Balaban J connectivity index is 3.12. The first-order valence-electron chi connectivity index (χ1n) is 4.06. The van der Waals surface area contributed by atoms with Crippen molar-refractivity contribution in [3.8, 4) is 0 Å². The van der Waals surface area contributed by atoms with Gasteiger partial charge in [0.05, 0.1) is 5.33 Å². The minimum absolute atomic E-state index is 0.0101. The third-order valence-corrected chi connectivity index (χ3v) is 2.44. The van der Waals surface area contributed by atoms with E-state index in [0.717, 1.165) is 5.56 Å². The molecule has 2 N–H and O–H groups in total. The predicted molar refractivity (Wildman–Crippen MR) is 57.8 cm³/mol. The average Bonchev–Trinajstić information content (AvgIpc) is 2.15. The Morgan fingerprint density at radius 3 is 2.50 bits per heavy atom. The van der Waals surface area contributed by atoms with Gasteiger partial charge in [-0.1, -0.05) is 22.0 Å². The van der Waals surface area contributed by atoms with Gasteiger partial charge in [0.25, 0.3) is 0 Å². The van der Waals surface area contributed by atoms with Gasteiger partial charge in [-0.15, -0.1) is 0 Å². The number of carbonyl (C=O) groups excluding carboxylic acids is 2. The average molecular weight is 256 g/mol. The van der Waals surface area contributed by atoms with Gasteiger partial charge in [0, 0.05) is 11.1 Å². The monoisotopic (exact) mass is 255 g/mol. The molecule has 0 saturated carbocycles. The maximum absolute atomic E-state index is 11.3. The fourth-order valence-corrected chi connectivity index (χ4v) is 1.51. The van der Waals surface area contributed by atoms with E-state index in [1.54, 1.807) is 25.1 Å². The van der Waals surface area contributed by atoms with Crippen LogP contribution in [0.1, 0.15) is 26.3 Å². The van der Waals surface area contributed by atoms with Crippen LogP contribution in [0.3, 0.4) is 0 Å². The molecule has 1 rings (SSSR count). The molecule has 0 aromatic heterocycles. The zero-order chi connectivity index (χ0) is 10.7. The first-order chi connectivity index (χ1) is 6.56. The number of ketones is 1. The molecule has 0 radical (unpaired) electrons. The van der Waals surface area contributed by atoms with Crippen molar-refractivity contribution in [2.45, 2.75) is 6.92 Å². The van der Waals surface area contributed by atoms with Crippen LogP contribution in [0.5, 0.6) is 0 Å². The van der Waals surface area contributed by atoms with E-state index in [0.29, 0.717) is 11.1 Å².